The number of hydrogen-bond acceptors (Lipinski definition) is 4. The highest BCUT2D eigenvalue weighted by Gasteiger charge is 2.14. The van der Waals surface area contributed by atoms with Crippen LogP contribution in [0.5, 0.6) is 11.5 Å². The molecule has 1 unspecified atom stereocenters. The second-order valence-electron chi connectivity index (χ2n) is 3.01. The van der Waals surface area contributed by atoms with Crippen LogP contribution in [0, 0.1) is 0 Å². The Balaban J connectivity index is 3.19. The zero-order valence-electron chi connectivity index (χ0n) is 8.91. The van der Waals surface area contributed by atoms with Crippen LogP contribution in [0.4, 0.5) is 0 Å². The molecule has 4 nitrogen and oxygen atoms in total. The first-order chi connectivity index (χ1) is 7.13. The van der Waals surface area contributed by atoms with Gasteiger partial charge in [-0.05, 0) is 19.1 Å². The summed E-state index contributed by atoms with van der Waals surface area (Å²) in [6.07, 6.45) is -0.209. The van der Waals surface area contributed by atoms with Crippen LogP contribution in [0.25, 0.3) is 0 Å². The Morgan fingerprint density at radius 3 is 2.20 bits per heavy atom. The summed E-state index contributed by atoms with van der Waals surface area (Å²) < 4.78 is 11.2. The van der Waals surface area contributed by atoms with Crippen molar-refractivity contribution in [2.45, 2.75) is 13.0 Å². The third-order valence-electron chi connectivity index (χ3n) is 2.14. The van der Waals surface area contributed by atoms with Crippen molar-refractivity contribution >= 4 is 15.9 Å². The zero-order valence-corrected chi connectivity index (χ0v) is 10.5. The molecule has 0 aliphatic carbocycles. The summed E-state index contributed by atoms with van der Waals surface area (Å²) in [4.78, 5) is 4.76. The van der Waals surface area contributed by atoms with Crippen LogP contribution >= 0.6 is 15.9 Å². The fourth-order valence-corrected chi connectivity index (χ4v) is 1.90. The topological polar surface area (TPSA) is 53.7 Å². The molecule has 0 saturated carbocycles. The highest BCUT2D eigenvalue weighted by molar-refractivity contribution is 9.10. The second kappa shape index (κ2) is 5.34. The molecule has 0 amide bonds. The average Bonchev–Trinajstić information content (AvgIpc) is 2.27. The van der Waals surface area contributed by atoms with Crippen molar-refractivity contribution in [3.63, 3.8) is 0 Å². The molecule has 15 heavy (non-hydrogen) atoms. The Morgan fingerprint density at radius 1 is 1.20 bits per heavy atom. The summed E-state index contributed by atoms with van der Waals surface area (Å²) in [6.45, 7) is 1.85. The van der Waals surface area contributed by atoms with Crippen molar-refractivity contribution in [3.8, 4) is 11.5 Å². The lowest BCUT2D eigenvalue weighted by Gasteiger charge is -2.15. The lowest BCUT2D eigenvalue weighted by atomic mass is 10.1. The van der Waals surface area contributed by atoms with Crippen molar-refractivity contribution in [2.75, 3.05) is 14.2 Å². The molecule has 1 rings (SSSR count). The molecule has 1 atom stereocenters. The van der Waals surface area contributed by atoms with Crippen LogP contribution in [-0.4, -0.2) is 14.2 Å². The van der Waals surface area contributed by atoms with E-state index in [4.69, 9.17) is 20.2 Å². The summed E-state index contributed by atoms with van der Waals surface area (Å²) in [6, 6.07) is 3.66. The molecular formula is C10H14BrNO3. The first-order valence-electron chi connectivity index (χ1n) is 4.41. The van der Waals surface area contributed by atoms with E-state index in [1.54, 1.807) is 14.2 Å². The predicted octanol–water partition coefficient (Wildman–Crippen LogP) is 2.42. The van der Waals surface area contributed by atoms with Crippen LogP contribution < -0.4 is 15.4 Å². The standard InChI is InChI=1S/C10H14BrNO3/c1-6(15-12)7-4-9(13-2)10(14-3)5-8(7)11/h4-6H,12H2,1-3H3. The summed E-state index contributed by atoms with van der Waals surface area (Å²) in [5.74, 6) is 6.46. The molecule has 2 N–H and O–H groups in total. The van der Waals surface area contributed by atoms with E-state index >= 15 is 0 Å². The fourth-order valence-electron chi connectivity index (χ4n) is 1.25. The van der Waals surface area contributed by atoms with Gasteiger partial charge in [-0.1, -0.05) is 15.9 Å². The number of halogens is 1. The summed E-state index contributed by atoms with van der Waals surface area (Å²) in [5.41, 5.74) is 0.912. The maximum Gasteiger partial charge on any atom is 0.161 e. The van der Waals surface area contributed by atoms with Crippen molar-refractivity contribution in [2.24, 2.45) is 5.90 Å². The van der Waals surface area contributed by atoms with Crippen molar-refractivity contribution in [3.05, 3.63) is 22.2 Å². The van der Waals surface area contributed by atoms with Crippen LogP contribution in [-0.2, 0) is 4.84 Å². The first-order valence-corrected chi connectivity index (χ1v) is 5.20. The number of benzene rings is 1. The molecule has 0 bridgehead atoms. The minimum absolute atomic E-state index is 0.209. The number of methoxy groups -OCH3 is 2. The maximum absolute atomic E-state index is 5.18. The molecule has 0 aliphatic rings. The molecule has 0 spiro atoms. The van der Waals surface area contributed by atoms with Gasteiger partial charge in [-0.3, -0.25) is 4.84 Å². The smallest absolute Gasteiger partial charge is 0.161 e. The quantitative estimate of drug-likeness (QED) is 0.858. The molecule has 0 radical (unpaired) electrons. The molecule has 0 aliphatic heterocycles. The summed E-state index contributed by atoms with van der Waals surface area (Å²) in [5, 5.41) is 0. The fraction of sp³-hybridized carbons (Fsp3) is 0.400. The van der Waals surface area contributed by atoms with E-state index in [9.17, 15) is 0 Å². The van der Waals surface area contributed by atoms with E-state index < -0.39 is 0 Å². The SMILES string of the molecule is COc1cc(Br)c(C(C)ON)cc1OC. The monoisotopic (exact) mass is 275 g/mol. The molecule has 1 aromatic rings. The number of ether oxygens (including phenoxy) is 2. The van der Waals surface area contributed by atoms with Crippen LogP contribution in [0.3, 0.4) is 0 Å². The van der Waals surface area contributed by atoms with E-state index in [-0.39, 0.29) is 6.10 Å². The summed E-state index contributed by atoms with van der Waals surface area (Å²) >= 11 is 3.42. The molecule has 0 saturated heterocycles. The number of nitrogens with two attached hydrogens (primary N) is 1. The van der Waals surface area contributed by atoms with Gasteiger partial charge in [0.25, 0.3) is 0 Å². The van der Waals surface area contributed by atoms with E-state index in [1.165, 1.54) is 0 Å². The minimum atomic E-state index is -0.209. The molecule has 0 fully saturated rings. The van der Waals surface area contributed by atoms with Gasteiger partial charge in [0.05, 0.1) is 14.2 Å². The van der Waals surface area contributed by atoms with Gasteiger partial charge < -0.3 is 9.47 Å². The highest BCUT2D eigenvalue weighted by atomic mass is 79.9. The largest absolute Gasteiger partial charge is 0.493 e. The van der Waals surface area contributed by atoms with Gasteiger partial charge in [-0.15, -0.1) is 0 Å². The Morgan fingerprint density at radius 2 is 1.73 bits per heavy atom. The van der Waals surface area contributed by atoms with Gasteiger partial charge in [0, 0.05) is 10.0 Å². The normalized spacial score (nSPS) is 12.3. The van der Waals surface area contributed by atoms with Gasteiger partial charge >= 0.3 is 0 Å². The molecule has 84 valence electrons. The lowest BCUT2D eigenvalue weighted by Crippen LogP contribution is -2.06. The second-order valence-corrected chi connectivity index (χ2v) is 3.86. The number of rotatable bonds is 4. The average molecular weight is 276 g/mol. The van der Waals surface area contributed by atoms with Crippen LogP contribution in [0.1, 0.15) is 18.6 Å². The molecule has 5 heteroatoms. The van der Waals surface area contributed by atoms with Crippen LogP contribution in [0.2, 0.25) is 0 Å². The summed E-state index contributed by atoms with van der Waals surface area (Å²) in [7, 11) is 3.18. The Labute approximate surface area is 97.4 Å². The van der Waals surface area contributed by atoms with Crippen molar-refractivity contribution in [1.29, 1.82) is 0 Å². The third kappa shape index (κ3) is 2.62. The van der Waals surface area contributed by atoms with Crippen molar-refractivity contribution in [1.82, 2.24) is 0 Å². The Hall–Kier alpha value is -0.780. The third-order valence-corrected chi connectivity index (χ3v) is 2.83. The molecule has 1 aromatic carbocycles. The molecule has 0 heterocycles. The van der Waals surface area contributed by atoms with Gasteiger partial charge in [0.1, 0.15) is 6.10 Å². The van der Waals surface area contributed by atoms with Crippen molar-refractivity contribution < 1.29 is 14.3 Å². The van der Waals surface area contributed by atoms with Gasteiger partial charge in [0.15, 0.2) is 11.5 Å². The molecular weight excluding hydrogens is 262 g/mol. The zero-order chi connectivity index (χ0) is 11.4. The number of hydrogen-bond donors (Lipinski definition) is 1. The van der Waals surface area contributed by atoms with Gasteiger partial charge in [-0.2, -0.15) is 0 Å². The maximum atomic E-state index is 5.18. The van der Waals surface area contributed by atoms with Crippen LogP contribution in [0.15, 0.2) is 16.6 Å². The van der Waals surface area contributed by atoms with E-state index in [1.807, 2.05) is 19.1 Å². The first kappa shape index (κ1) is 12.3. The van der Waals surface area contributed by atoms with E-state index in [0.717, 1.165) is 10.0 Å². The van der Waals surface area contributed by atoms with E-state index in [0.29, 0.717) is 11.5 Å². The van der Waals surface area contributed by atoms with Gasteiger partial charge in [-0.25, -0.2) is 5.90 Å². The predicted molar refractivity (Wildman–Crippen MR) is 60.9 cm³/mol. The Bertz CT molecular complexity index is 344. The molecule has 0 aromatic heterocycles. The lowest BCUT2D eigenvalue weighted by molar-refractivity contribution is 0.0657. The van der Waals surface area contributed by atoms with E-state index in [2.05, 4.69) is 15.9 Å². The minimum Gasteiger partial charge on any atom is -0.493 e. The Kier molecular flexibility index (Phi) is 4.38. The highest BCUT2D eigenvalue weighted by Crippen LogP contribution is 2.36. The van der Waals surface area contributed by atoms with Gasteiger partial charge in [0.2, 0.25) is 0 Å².